The van der Waals surface area contributed by atoms with Gasteiger partial charge in [-0.25, -0.2) is 0 Å². The number of carbonyl (C=O) groups excluding carboxylic acids is 3. The topological polar surface area (TPSA) is 80.7 Å². The van der Waals surface area contributed by atoms with E-state index in [1.165, 1.54) is 6.92 Å². The molecule has 1 N–H and O–H groups in total. The molecule has 4 fully saturated rings. The highest BCUT2D eigenvalue weighted by Gasteiger charge is 2.75. The van der Waals surface area contributed by atoms with Crippen molar-refractivity contribution in [3.8, 4) is 0 Å². The van der Waals surface area contributed by atoms with Gasteiger partial charge in [0.05, 0.1) is 11.5 Å². The lowest BCUT2D eigenvalue weighted by Crippen LogP contribution is -2.68. The minimum Gasteiger partial charge on any atom is -0.461 e. The van der Waals surface area contributed by atoms with Crippen molar-refractivity contribution in [2.75, 3.05) is 0 Å². The van der Waals surface area contributed by atoms with Gasteiger partial charge < -0.3 is 9.84 Å². The standard InChI is InChI=1S/C22H30O5/c1-11-13-6-7-14-21(5)9-8-16(24)20(3,4)15(21)10-17(25)22(14,18(11)26)19(13)27-12(2)23/h13-15,17,19,25H,1,6-10H2,2-5H3/t13-,14+,15-,17-,19?,21+,22+/m1/s1. The molecule has 5 nitrogen and oxygen atoms in total. The van der Waals surface area contributed by atoms with E-state index in [1.807, 2.05) is 13.8 Å². The molecule has 0 heterocycles. The number of Topliss-reactive ketones (excluding diaryl/α,β-unsaturated/α-hetero) is 2. The lowest BCUT2D eigenvalue weighted by atomic mass is 9.39. The molecular formula is C22H30O5. The van der Waals surface area contributed by atoms with E-state index in [2.05, 4.69) is 13.5 Å². The van der Waals surface area contributed by atoms with Crippen molar-refractivity contribution in [1.82, 2.24) is 0 Å². The highest BCUT2D eigenvalue weighted by Crippen LogP contribution is 2.71. The van der Waals surface area contributed by atoms with Crippen LogP contribution in [0.25, 0.3) is 0 Å². The van der Waals surface area contributed by atoms with Gasteiger partial charge in [0.25, 0.3) is 0 Å². The summed E-state index contributed by atoms with van der Waals surface area (Å²) >= 11 is 0. The number of hydrogen-bond donors (Lipinski definition) is 1. The predicted octanol–water partition coefficient (Wildman–Crippen LogP) is 2.85. The first-order chi connectivity index (χ1) is 12.5. The van der Waals surface area contributed by atoms with E-state index in [0.29, 0.717) is 18.4 Å². The lowest BCUT2D eigenvalue weighted by Gasteiger charge is -2.64. The number of carbonyl (C=O) groups is 3. The van der Waals surface area contributed by atoms with Gasteiger partial charge in [0.2, 0.25) is 0 Å². The predicted molar refractivity (Wildman–Crippen MR) is 98.6 cm³/mol. The maximum Gasteiger partial charge on any atom is 0.302 e. The van der Waals surface area contributed by atoms with Crippen LogP contribution in [0.5, 0.6) is 0 Å². The van der Waals surface area contributed by atoms with Crippen LogP contribution in [0.4, 0.5) is 0 Å². The fourth-order valence-corrected chi connectivity index (χ4v) is 7.46. The van der Waals surface area contributed by atoms with Crippen LogP contribution in [0.15, 0.2) is 12.2 Å². The van der Waals surface area contributed by atoms with Gasteiger partial charge in [-0.3, -0.25) is 14.4 Å². The number of ketones is 2. The fourth-order valence-electron chi connectivity index (χ4n) is 7.46. The van der Waals surface area contributed by atoms with Crippen LogP contribution in [0.2, 0.25) is 0 Å². The molecule has 1 unspecified atom stereocenters. The molecule has 4 aliphatic carbocycles. The molecule has 0 aromatic rings. The van der Waals surface area contributed by atoms with Crippen LogP contribution < -0.4 is 0 Å². The molecule has 5 heteroatoms. The van der Waals surface area contributed by atoms with Gasteiger partial charge in [0.1, 0.15) is 11.9 Å². The Labute approximate surface area is 160 Å². The molecule has 0 aromatic heterocycles. The Morgan fingerprint density at radius 1 is 1.19 bits per heavy atom. The number of esters is 1. The van der Waals surface area contributed by atoms with Crippen molar-refractivity contribution in [3.05, 3.63) is 12.2 Å². The zero-order valence-corrected chi connectivity index (χ0v) is 16.7. The molecule has 0 amide bonds. The normalized spacial score (nSPS) is 48.0. The van der Waals surface area contributed by atoms with Crippen LogP contribution in [0.3, 0.4) is 0 Å². The fraction of sp³-hybridized carbons (Fsp3) is 0.773. The van der Waals surface area contributed by atoms with E-state index >= 15 is 0 Å². The second kappa shape index (κ2) is 5.53. The summed E-state index contributed by atoms with van der Waals surface area (Å²) in [5.74, 6) is -0.619. The Morgan fingerprint density at radius 2 is 1.85 bits per heavy atom. The Morgan fingerprint density at radius 3 is 2.48 bits per heavy atom. The zero-order chi connectivity index (χ0) is 19.9. The molecule has 0 saturated heterocycles. The summed E-state index contributed by atoms with van der Waals surface area (Å²) in [4.78, 5) is 37.9. The van der Waals surface area contributed by atoms with Gasteiger partial charge in [-0.15, -0.1) is 0 Å². The largest absolute Gasteiger partial charge is 0.461 e. The number of aliphatic hydroxyl groups is 1. The number of hydrogen-bond acceptors (Lipinski definition) is 5. The highest BCUT2D eigenvalue weighted by atomic mass is 16.5. The second-order valence-electron chi connectivity index (χ2n) is 10.0. The Balaban J connectivity index is 1.88. The number of fused-ring (bicyclic) bond motifs is 3. The van der Waals surface area contributed by atoms with Crippen LogP contribution in [-0.4, -0.2) is 34.9 Å². The molecule has 1 spiro atoms. The summed E-state index contributed by atoms with van der Waals surface area (Å²) in [6, 6.07) is 0. The molecule has 4 aliphatic rings. The van der Waals surface area contributed by atoms with Crippen molar-refractivity contribution in [2.24, 2.45) is 34.0 Å². The minimum atomic E-state index is -1.10. The SMILES string of the molecule is C=C1C(=O)[C@]23C(OC(C)=O)[C@@H]1CC[C@H]2[C@]1(C)CCC(=O)C(C)(C)[C@H]1C[C@H]3O. The summed E-state index contributed by atoms with van der Waals surface area (Å²) in [6.07, 6.45) is 1.57. The first-order valence-electron chi connectivity index (χ1n) is 10.1. The van der Waals surface area contributed by atoms with Gasteiger partial charge >= 0.3 is 5.97 Å². The summed E-state index contributed by atoms with van der Waals surface area (Å²) in [6.45, 7) is 11.5. The third-order valence-electron chi connectivity index (χ3n) is 8.69. The maximum atomic E-state index is 13.5. The molecule has 7 atom stereocenters. The molecule has 0 radical (unpaired) electrons. The van der Waals surface area contributed by atoms with Gasteiger partial charge in [-0.05, 0) is 48.5 Å². The number of rotatable bonds is 1. The first-order valence-corrected chi connectivity index (χ1v) is 10.1. The van der Waals surface area contributed by atoms with Gasteiger partial charge in [-0.1, -0.05) is 27.4 Å². The van der Waals surface area contributed by atoms with Crippen molar-refractivity contribution in [1.29, 1.82) is 0 Å². The number of aliphatic hydroxyl groups excluding tert-OH is 1. The molecule has 0 aliphatic heterocycles. The van der Waals surface area contributed by atoms with E-state index in [9.17, 15) is 19.5 Å². The quantitative estimate of drug-likeness (QED) is 0.564. The van der Waals surface area contributed by atoms with E-state index in [1.54, 1.807) is 0 Å². The van der Waals surface area contributed by atoms with E-state index in [4.69, 9.17) is 4.74 Å². The summed E-state index contributed by atoms with van der Waals surface area (Å²) < 4.78 is 5.70. The maximum absolute atomic E-state index is 13.5. The monoisotopic (exact) mass is 374 g/mol. The van der Waals surface area contributed by atoms with Crippen molar-refractivity contribution in [2.45, 2.75) is 72.0 Å². The van der Waals surface area contributed by atoms with Crippen LogP contribution in [0, 0.1) is 34.0 Å². The summed E-state index contributed by atoms with van der Waals surface area (Å²) in [7, 11) is 0. The molecular weight excluding hydrogens is 344 g/mol. The number of ether oxygens (including phenoxy) is 1. The highest BCUT2D eigenvalue weighted by molar-refractivity contribution is 6.05. The average Bonchev–Trinajstić information content (AvgIpc) is 2.70. The minimum absolute atomic E-state index is 0.00747. The van der Waals surface area contributed by atoms with Crippen LogP contribution >= 0.6 is 0 Å². The van der Waals surface area contributed by atoms with Crippen LogP contribution in [0.1, 0.15) is 59.8 Å². The van der Waals surface area contributed by atoms with Crippen LogP contribution in [-0.2, 0) is 19.1 Å². The average molecular weight is 374 g/mol. The Kier molecular flexibility index (Phi) is 3.86. The molecule has 27 heavy (non-hydrogen) atoms. The van der Waals surface area contributed by atoms with E-state index in [0.717, 1.165) is 19.3 Å². The molecule has 4 saturated carbocycles. The third kappa shape index (κ3) is 2.07. The smallest absolute Gasteiger partial charge is 0.302 e. The molecule has 2 bridgehead atoms. The summed E-state index contributed by atoms with van der Waals surface area (Å²) in [5, 5.41) is 11.4. The molecule has 148 valence electrons. The van der Waals surface area contributed by atoms with Crippen molar-refractivity contribution < 1.29 is 24.2 Å². The van der Waals surface area contributed by atoms with Crippen molar-refractivity contribution in [3.63, 3.8) is 0 Å². The molecule has 4 rings (SSSR count). The zero-order valence-electron chi connectivity index (χ0n) is 16.7. The lowest BCUT2D eigenvalue weighted by molar-refractivity contribution is -0.229. The van der Waals surface area contributed by atoms with E-state index in [-0.39, 0.29) is 34.7 Å². The van der Waals surface area contributed by atoms with E-state index < -0.39 is 29.0 Å². The Bertz CT molecular complexity index is 752. The molecule has 0 aromatic carbocycles. The first kappa shape index (κ1) is 18.9. The second-order valence-corrected chi connectivity index (χ2v) is 10.0. The van der Waals surface area contributed by atoms with Gasteiger partial charge in [0, 0.05) is 24.7 Å². The van der Waals surface area contributed by atoms with Gasteiger partial charge in [0.15, 0.2) is 5.78 Å². The Hall–Kier alpha value is -1.49. The third-order valence-corrected chi connectivity index (χ3v) is 8.69. The van der Waals surface area contributed by atoms with Crippen molar-refractivity contribution >= 4 is 17.5 Å². The van der Waals surface area contributed by atoms with Gasteiger partial charge in [-0.2, -0.15) is 0 Å². The summed E-state index contributed by atoms with van der Waals surface area (Å²) in [5.41, 5.74) is -1.38.